The second kappa shape index (κ2) is 6.22. The quantitative estimate of drug-likeness (QED) is 0.421. The molecule has 0 radical (unpaired) electrons. The van der Waals surface area contributed by atoms with Crippen LogP contribution in [0.25, 0.3) is 11.4 Å². The van der Waals surface area contributed by atoms with Gasteiger partial charge in [0.2, 0.25) is 0 Å². The Labute approximate surface area is 145 Å². The van der Waals surface area contributed by atoms with Crippen molar-refractivity contribution < 1.29 is 0 Å². The topological polar surface area (TPSA) is 35.6 Å². The smallest absolute Gasteiger partial charge is 0.106 e. The first-order chi connectivity index (χ1) is 11.8. The summed E-state index contributed by atoms with van der Waals surface area (Å²) in [5, 5.41) is 9.13. The minimum Gasteiger partial charge on any atom is -0.240 e. The minimum atomic E-state index is 0.638. The highest BCUT2D eigenvalue weighted by Gasteiger charge is 2.12. The Balaban J connectivity index is 1.61. The van der Waals surface area contributed by atoms with Gasteiger partial charge in [-0.2, -0.15) is 10.2 Å². The zero-order chi connectivity index (χ0) is 16.4. The van der Waals surface area contributed by atoms with E-state index in [1.54, 1.807) is 0 Å². The molecule has 0 aliphatic heterocycles. The highest BCUT2D eigenvalue weighted by Crippen LogP contribution is 2.13. The summed E-state index contributed by atoms with van der Waals surface area (Å²) in [7, 11) is 0. The number of nitrogens with zero attached hydrogens (tertiary/aromatic N) is 4. The number of hydrogen-bond acceptors (Lipinski definition) is 3. The van der Waals surface area contributed by atoms with Crippen LogP contribution in [0.1, 0.15) is 11.4 Å². The summed E-state index contributed by atoms with van der Waals surface area (Å²) >= 11 is 5.56. The van der Waals surface area contributed by atoms with E-state index in [4.69, 9.17) is 12.2 Å². The van der Waals surface area contributed by atoms with Gasteiger partial charge in [-0.25, -0.2) is 9.36 Å². The molecule has 4 aromatic rings. The molecule has 0 spiro atoms. The fourth-order valence-corrected chi connectivity index (χ4v) is 2.69. The molecule has 0 saturated carbocycles. The molecule has 0 saturated heterocycles. The molecule has 0 bridgehead atoms. The average Bonchev–Trinajstić information content (AvgIpc) is 3.33. The summed E-state index contributed by atoms with van der Waals surface area (Å²) in [5.74, 6) is 0. The van der Waals surface area contributed by atoms with Crippen LogP contribution in [0.2, 0.25) is 0 Å². The van der Waals surface area contributed by atoms with Crippen molar-refractivity contribution >= 4 is 17.1 Å². The van der Waals surface area contributed by atoms with E-state index in [9.17, 15) is 0 Å². The van der Waals surface area contributed by atoms with Gasteiger partial charge in [0, 0.05) is 12.4 Å². The lowest BCUT2D eigenvalue weighted by Crippen LogP contribution is -2.05. The summed E-state index contributed by atoms with van der Waals surface area (Å²) in [5.41, 5.74) is 3.49. The van der Waals surface area contributed by atoms with Crippen molar-refractivity contribution in [2.75, 3.05) is 0 Å². The molecule has 4 rings (SSSR count). The van der Waals surface area contributed by atoms with E-state index >= 15 is 0 Å². The zero-order valence-electron chi connectivity index (χ0n) is 12.8. The average molecular weight is 330 g/mol. The molecular formula is C19H14N4S. The minimum absolute atomic E-state index is 0.638. The highest BCUT2D eigenvalue weighted by atomic mass is 32.1. The van der Waals surface area contributed by atoms with Crippen molar-refractivity contribution in [3.05, 3.63) is 96.6 Å². The number of benzene rings is 2. The fourth-order valence-electron chi connectivity index (χ4n) is 2.47. The summed E-state index contributed by atoms with van der Waals surface area (Å²) < 4.78 is 3.63. The molecule has 116 valence electrons. The zero-order valence-corrected chi connectivity index (χ0v) is 13.6. The molecular weight excluding hydrogens is 316 g/mol. The first-order valence-corrected chi connectivity index (χ1v) is 7.99. The van der Waals surface area contributed by atoms with Crippen molar-refractivity contribution in [2.45, 2.75) is 0 Å². The first kappa shape index (κ1) is 14.5. The van der Waals surface area contributed by atoms with Crippen molar-refractivity contribution in [3.8, 4) is 11.4 Å². The standard InChI is InChI=1S/C19H14N4S/c24-19(17-11-13-22(20-17)15-7-3-1-4-8-15)18-12-14-23(21-18)16-9-5-2-6-10-16/h1-14H. The van der Waals surface area contributed by atoms with Crippen molar-refractivity contribution in [1.82, 2.24) is 19.6 Å². The van der Waals surface area contributed by atoms with Crippen LogP contribution in [0.15, 0.2) is 85.2 Å². The Kier molecular flexibility index (Phi) is 3.76. The maximum absolute atomic E-state index is 5.56. The Hall–Kier alpha value is -3.05. The summed E-state index contributed by atoms with van der Waals surface area (Å²) in [4.78, 5) is 0.638. The number of thiocarbonyl (C=S) groups is 1. The number of rotatable bonds is 4. The van der Waals surface area contributed by atoms with Crippen LogP contribution in [-0.4, -0.2) is 24.4 Å². The van der Waals surface area contributed by atoms with Gasteiger partial charge in [-0.05, 0) is 36.4 Å². The number of hydrogen-bond donors (Lipinski definition) is 0. The van der Waals surface area contributed by atoms with Gasteiger partial charge >= 0.3 is 0 Å². The van der Waals surface area contributed by atoms with E-state index in [1.807, 2.05) is 94.6 Å². The lowest BCUT2D eigenvalue weighted by molar-refractivity contribution is 0.869. The van der Waals surface area contributed by atoms with E-state index < -0.39 is 0 Å². The van der Waals surface area contributed by atoms with Crippen LogP contribution in [-0.2, 0) is 0 Å². The van der Waals surface area contributed by atoms with Gasteiger partial charge in [0.05, 0.1) is 16.2 Å². The van der Waals surface area contributed by atoms with E-state index in [2.05, 4.69) is 10.2 Å². The van der Waals surface area contributed by atoms with Gasteiger partial charge in [-0.1, -0.05) is 48.6 Å². The summed E-state index contributed by atoms with van der Waals surface area (Å²) in [6.45, 7) is 0. The molecule has 5 heteroatoms. The molecule has 0 aliphatic carbocycles. The molecule has 0 fully saturated rings. The van der Waals surface area contributed by atoms with Crippen molar-refractivity contribution in [2.24, 2.45) is 0 Å². The van der Waals surface area contributed by atoms with E-state index in [0.717, 1.165) is 22.8 Å². The monoisotopic (exact) mass is 330 g/mol. The second-order valence-corrected chi connectivity index (χ2v) is 5.70. The maximum Gasteiger partial charge on any atom is 0.106 e. The second-order valence-electron chi connectivity index (χ2n) is 5.29. The Morgan fingerprint density at radius 3 is 1.46 bits per heavy atom. The van der Waals surface area contributed by atoms with Gasteiger partial charge in [-0.15, -0.1) is 0 Å². The molecule has 0 atom stereocenters. The molecule has 24 heavy (non-hydrogen) atoms. The van der Waals surface area contributed by atoms with Crippen LogP contribution < -0.4 is 0 Å². The molecule has 2 heterocycles. The Morgan fingerprint density at radius 1 is 0.625 bits per heavy atom. The molecule has 0 amide bonds. The molecule has 0 aliphatic rings. The maximum atomic E-state index is 5.56. The van der Waals surface area contributed by atoms with Crippen molar-refractivity contribution in [1.29, 1.82) is 0 Å². The Morgan fingerprint density at radius 2 is 1.04 bits per heavy atom. The largest absolute Gasteiger partial charge is 0.240 e. The van der Waals surface area contributed by atoms with Crippen LogP contribution in [0.5, 0.6) is 0 Å². The van der Waals surface area contributed by atoms with Crippen LogP contribution in [0.4, 0.5) is 0 Å². The number of aromatic nitrogens is 4. The third-order valence-corrected chi connectivity index (χ3v) is 4.10. The fraction of sp³-hybridized carbons (Fsp3) is 0. The predicted octanol–water partition coefficient (Wildman–Crippen LogP) is 3.82. The lowest BCUT2D eigenvalue weighted by Gasteiger charge is -2.01. The van der Waals surface area contributed by atoms with Gasteiger partial charge in [-0.3, -0.25) is 0 Å². The summed E-state index contributed by atoms with van der Waals surface area (Å²) in [6, 6.07) is 23.7. The molecule has 4 nitrogen and oxygen atoms in total. The van der Waals surface area contributed by atoms with Crippen LogP contribution in [0.3, 0.4) is 0 Å². The molecule has 2 aromatic carbocycles. The number of para-hydroxylation sites is 2. The van der Waals surface area contributed by atoms with Gasteiger partial charge < -0.3 is 0 Å². The molecule has 2 aromatic heterocycles. The summed E-state index contributed by atoms with van der Waals surface area (Å²) in [6.07, 6.45) is 3.82. The van der Waals surface area contributed by atoms with Gasteiger partial charge in [0.15, 0.2) is 0 Å². The van der Waals surface area contributed by atoms with Crippen LogP contribution >= 0.6 is 12.2 Å². The highest BCUT2D eigenvalue weighted by molar-refractivity contribution is 7.81. The third-order valence-electron chi connectivity index (χ3n) is 3.68. The van der Waals surface area contributed by atoms with Crippen molar-refractivity contribution in [3.63, 3.8) is 0 Å². The molecule has 0 unspecified atom stereocenters. The lowest BCUT2D eigenvalue weighted by atomic mass is 10.2. The molecule has 0 N–H and O–H groups in total. The van der Waals surface area contributed by atoms with Gasteiger partial charge in [0.25, 0.3) is 0 Å². The third kappa shape index (κ3) is 2.77. The SMILES string of the molecule is S=C(c1ccn(-c2ccccc2)n1)c1ccn(-c2ccccc2)n1. The normalized spacial score (nSPS) is 10.7. The Bertz CT molecular complexity index is 891. The van der Waals surface area contributed by atoms with Crippen LogP contribution in [0, 0.1) is 0 Å². The van der Waals surface area contributed by atoms with E-state index in [1.165, 1.54) is 0 Å². The first-order valence-electron chi connectivity index (χ1n) is 7.58. The van der Waals surface area contributed by atoms with E-state index in [0.29, 0.717) is 4.86 Å². The van der Waals surface area contributed by atoms with E-state index in [-0.39, 0.29) is 0 Å². The predicted molar refractivity (Wildman–Crippen MR) is 97.9 cm³/mol. The van der Waals surface area contributed by atoms with Gasteiger partial charge in [0.1, 0.15) is 11.4 Å².